The largest absolute Gasteiger partial charge is 0.469 e. The van der Waals surface area contributed by atoms with Crippen molar-refractivity contribution in [1.82, 2.24) is 20.0 Å². The normalized spacial score (nSPS) is 17.7. The molecule has 0 saturated carbocycles. The maximum absolute atomic E-state index is 12.5. The van der Waals surface area contributed by atoms with Crippen molar-refractivity contribution in [2.24, 2.45) is 4.99 Å². The van der Waals surface area contributed by atoms with Crippen LogP contribution in [0.1, 0.15) is 24.2 Å². The molecule has 0 bridgehead atoms. The van der Waals surface area contributed by atoms with Gasteiger partial charge >= 0.3 is 0 Å². The Labute approximate surface area is 191 Å². The summed E-state index contributed by atoms with van der Waals surface area (Å²) in [6.45, 7) is 7.46. The molecule has 3 heterocycles. The van der Waals surface area contributed by atoms with Crippen molar-refractivity contribution in [2.45, 2.75) is 25.7 Å². The van der Waals surface area contributed by atoms with Gasteiger partial charge < -0.3 is 19.5 Å². The molecule has 4 rings (SSSR count). The lowest BCUT2D eigenvalue weighted by Crippen LogP contribution is -2.54. The van der Waals surface area contributed by atoms with Gasteiger partial charge in [0.2, 0.25) is 5.91 Å². The van der Waals surface area contributed by atoms with Crippen LogP contribution < -0.4 is 5.32 Å². The van der Waals surface area contributed by atoms with E-state index in [4.69, 9.17) is 9.41 Å². The SMILES string of the molecule is O=C(CN1CCN(C(=NCCc2ccco2)NCCc2ccccc2)CC1)N1CCCC1. The Morgan fingerprint density at radius 1 is 0.906 bits per heavy atom. The fourth-order valence-electron chi connectivity index (χ4n) is 4.33. The minimum absolute atomic E-state index is 0.282. The first-order valence-electron chi connectivity index (χ1n) is 11.9. The van der Waals surface area contributed by atoms with Crippen LogP contribution in [0.4, 0.5) is 0 Å². The Balaban J connectivity index is 1.28. The lowest BCUT2D eigenvalue weighted by Gasteiger charge is -2.36. The van der Waals surface area contributed by atoms with Crippen molar-refractivity contribution in [3.8, 4) is 0 Å². The number of nitrogens with zero attached hydrogens (tertiary/aromatic N) is 4. The van der Waals surface area contributed by atoms with Gasteiger partial charge in [0, 0.05) is 58.8 Å². The van der Waals surface area contributed by atoms with Gasteiger partial charge in [-0.25, -0.2) is 0 Å². The number of rotatable bonds is 8. The minimum atomic E-state index is 0.282. The number of nitrogens with one attached hydrogen (secondary N) is 1. The molecule has 172 valence electrons. The van der Waals surface area contributed by atoms with E-state index in [-0.39, 0.29) is 5.91 Å². The summed E-state index contributed by atoms with van der Waals surface area (Å²) >= 11 is 0. The maximum Gasteiger partial charge on any atom is 0.236 e. The summed E-state index contributed by atoms with van der Waals surface area (Å²) < 4.78 is 5.45. The average Bonchev–Trinajstić information content (AvgIpc) is 3.54. The third-order valence-corrected chi connectivity index (χ3v) is 6.23. The van der Waals surface area contributed by atoms with E-state index in [2.05, 4.69) is 39.4 Å². The van der Waals surface area contributed by atoms with Crippen LogP contribution >= 0.6 is 0 Å². The van der Waals surface area contributed by atoms with Crippen molar-refractivity contribution >= 4 is 11.9 Å². The highest BCUT2D eigenvalue weighted by molar-refractivity contribution is 5.80. The second-order valence-corrected chi connectivity index (χ2v) is 8.55. The number of piperazine rings is 1. The van der Waals surface area contributed by atoms with E-state index >= 15 is 0 Å². The molecule has 2 fully saturated rings. The van der Waals surface area contributed by atoms with Crippen molar-refractivity contribution in [3.63, 3.8) is 0 Å². The molecule has 7 nitrogen and oxygen atoms in total. The Kier molecular flexibility index (Phi) is 8.20. The van der Waals surface area contributed by atoms with E-state index in [1.165, 1.54) is 5.56 Å². The van der Waals surface area contributed by atoms with Gasteiger partial charge in [-0.2, -0.15) is 0 Å². The Bertz CT molecular complexity index is 838. The summed E-state index contributed by atoms with van der Waals surface area (Å²) in [5.74, 6) is 2.20. The van der Waals surface area contributed by atoms with Gasteiger partial charge in [0.15, 0.2) is 5.96 Å². The van der Waals surface area contributed by atoms with Gasteiger partial charge in [-0.05, 0) is 37.0 Å². The minimum Gasteiger partial charge on any atom is -0.469 e. The molecule has 32 heavy (non-hydrogen) atoms. The highest BCUT2D eigenvalue weighted by atomic mass is 16.3. The quantitative estimate of drug-likeness (QED) is 0.507. The van der Waals surface area contributed by atoms with Gasteiger partial charge in [-0.15, -0.1) is 0 Å². The van der Waals surface area contributed by atoms with Gasteiger partial charge in [0.05, 0.1) is 12.8 Å². The van der Waals surface area contributed by atoms with Crippen LogP contribution in [0, 0.1) is 0 Å². The van der Waals surface area contributed by atoms with Gasteiger partial charge in [0.1, 0.15) is 5.76 Å². The third-order valence-electron chi connectivity index (χ3n) is 6.23. The van der Waals surface area contributed by atoms with Crippen LogP contribution in [0.25, 0.3) is 0 Å². The molecular formula is C25H35N5O2. The number of hydrogen-bond acceptors (Lipinski definition) is 4. The molecule has 7 heteroatoms. The molecule has 2 aliphatic heterocycles. The lowest BCUT2D eigenvalue weighted by molar-refractivity contribution is -0.131. The number of aliphatic imine (C=N–C) groups is 1. The summed E-state index contributed by atoms with van der Waals surface area (Å²) in [5, 5.41) is 3.57. The van der Waals surface area contributed by atoms with E-state index in [0.29, 0.717) is 13.1 Å². The Morgan fingerprint density at radius 2 is 1.69 bits per heavy atom. The number of guanidine groups is 1. The molecular weight excluding hydrogens is 402 g/mol. The fourth-order valence-corrected chi connectivity index (χ4v) is 4.33. The van der Waals surface area contributed by atoms with Crippen LogP contribution in [-0.4, -0.2) is 85.5 Å². The molecule has 0 spiro atoms. The first kappa shape index (κ1) is 22.4. The number of amides is 1. The summed E-state index contributed by atoms with van der Waals surface area (Å²) in [5.41, 5.74) is 1.32. The predicted molar refractivity (Wildman–Crippen MR) is 127 cm³/mol. The lowest BCUT2D eigenvalue weighted by atomic mass is 10.1. The first-order chi connectivity index (χ1) is 15.8. The average molecular weight is 438 g/mol. The van der Waals surface area contributed by atoms with E-state index in [0.717, 1.165) is 83.2 Å². The number of carbonyl (C=O) groups is 1. The first-order valence-corrected chi connectivity index (χ1v) is 11.9. The third kappa shape index (κ3) is 6.60. The molecule has 2 aromatic rings. The van der Waals surface area contributed by atoms with Crippen LogP contribution in [0.3, 0.4) is 0 Å². The van der Waals surface area contributed by atoms with Crippen LogP contribution in [0.5, 0.6) is 0 Å². The number of hydrogen-bond donors (Lipinski definition) is 1. The Hall–Kier alpha value is -2.80. The van der Waals surface area contributed by atoms with Gasteiger partial charge in [-0.1, -0.05) is 30.3 Å². The number of likely N-dealkylation sites (tertiary alicyclic amines) is 1. The highest BCUT2D eigenvalue weighted by Gasteiger charge is 2.24. The van der Waals surface area contributed by atoms with Crippen molar-refractivity contribution < 1.29 is 9.21 Å². The van der Waals surface area contributed by atoms with E-state index < -0.39 is 0 Å². The predicted octanol–water partition coefficient (Wildman–Crippen LogP) is 2.25. The molecule has 0 radical (unpaired) electrons. The van der Waals surface area contributed by atoms with Crippen LogP contribution in [0.15, 0.2) is 58.1 Å². The fraction of sp³-hybridized carbons (Fsp3) is 0.520. The molecule has 0 unspecified atom stereocenters. The Morgan fingerprint density at radius 3 is 2.41 bits per heavy atom. The van der Waals surface area contributed by atoms with Crippen LogP contribution in [0.2, 0.25) is 0 Å². The van der Waals surface area contributed by atoms with E-state index in [1.807, 2.05) is 23.1 Å². The van der Waals surface area contributed by atoms with Gasteiger partial charge in [-0.3, -0.25) is 14.7 Å². The van der Waals surface area contributed by atoms with Crippen LogP contribution in [-0.2, 0) is 17.6 Å². The second kappa shape index (κ2) is 11.7. The zero-order valence-electron chi connectivity index (χ0n) is 18.9. The molecule has 1 N–H and O–H groups in total. The van der Waals surface area contributed by atoms with Crippen molar-refractivity contribution in [3.05, 3.63) is 60.1 Å². The molecule has 2 aliphatic rings. The zero-order valence-corrected chi connectivity index (χ0v) is 18.9. The summed E-state index contributed by atoms with van der Waals surface area (Å²) in [4.78, 5) is 24.0. The van der Waals surface area contributed by atoms with E-state index in [9.17, 15) is 4.79 Å². The summed E-state index contributed by atoms with van der Waals surface area (Å²) in [6, 6.07) is 14.4. The summed E-state index contributed by atoms with van der Waals surface area (Å²) in [6.07, 6.45) is 5.75. The molecule has 2 saturated heterocycles. The molecule has 1 aromatic heterocycles. The standard InChI is InChI=1S/C25H35N5O2/c31-24(29-14-4-5-15-29)21-28-16-18-30(19-17-28)25(27-13-11-23-9-6-20-32-23)26-12-10-22-7-2-1-3-8-22/h1-3,6-9,20H,4-5,10-19,21H2,(H,26,27). The molecule has 0 aliphatic carbocycles. The zero-order chi connectivity index (χ0) is 22.0. The molecule has 1 amide bonds. The monoisotopic (exact) mass is 437 g/mol. The smallest absolute Gasteiger partial charge is 0.236 e. The number of carbonyl (C=O) groups excluding carboxylic acids is 1. The van der Waals surface area contributed by atoms with Crippen molar-refractivity contribution in [1.29, 1.82) is 0 Å². The number of benzene rings is 1. The number of furan rings is 1. The highest BCUT2D eigenvalue weighted by Crippen LogP contribution is 2.10. The second-order valence-electron chi connectivity index (χ2n) is 8.55. The van der Waals surface area contributed by atoms with Crippen molar-refractivity contribution in [2.75, 3.05) is 58.9 Å². The topological polar surface area (TPSA) is 64.3 Å². The maximum atomic E-state index is 12.5. The van der Waals surface area contributed by atoms with E-state index in [1.54, 1.807) is 6.26 Å². The van der Waals surface area contributed by atoms with Gasteiger partial charge in [0.25, 0.3) is 0 Å². The molecule has 0 atom stereocenters. The summed E-state index contributed by atoms with van der Waals surface area (Å²) in [7, 11) is 0. The molecule has 1 aromatic carbocycles.